The van der Waals surface area contributed by atoms with Crippen molar-refractivity contribution in [3.8, 4) is 5.75 Å². The van der Waals surface area contributed by atoms with Crippen molar-refractivity contribution in [2.75, 3.05) is 20.2 Å². The van der Waals surface area contributed by atoms with Crippen LogP contribution < -0.4 is 15.4 Å². The Morgan fingerprint density at radius 2 is 1.67 bits per heavy atom. The summed E-state index contributed by atoms with van der Waals surface area (Å²) < 4.78 is 5.12. The SMILES string of the molecule is COc1ccc(CCNC(=O)CCNCc2ccc(Cl)cc2)cc1. The first-order chi connectivity index (χ1) is 11.7. The van der Waals surface area contributed by atoms with Crippen LogP contribution in [0.1, 0.15) is 17.5 Å². The Morgan fingerprint density at radius 1 is 1.00 bits per heavy atom. The van der Waals surface area contributed by atoms with Gasteiger partial charge in [0.15, 0.2) is 0 Å². The number of amides is 1. The van der Waals surface area contributed by atoms with Gasteiger partial charge in [0.2, 0.25) is 5.91 Å². The summed E-state index contributed by atoms with van der Waals surface area (Å²) >= 11 is 5.84. The lowest BCUT2D eigenvalue weighted by Crippen LogP contribution is -2.29. The highest BCUT2D eigenvalue weighted by molar-refractivity contribution is 6.30. The van der Waals surface area contributed by atoms with E-state index in [4.69, 9.17) is 16.3 Å². The van der Waals surface area contributed by atoms with E-state index in [2.05, 4.69) is 10.6 Å². The lowest BCUT2D eigenvalue weighted by atomic mass is 10.1. The van der Waals surface area contributed by atoms with Crippen LogP contribution in [0.15, 0.2) is 48.5 Å². The molecular weight excluding hydrogens is 324 g/mol. The molecule has 0 radical (unpaired) electrons. The minimum atomic E-state index is 0.0621. The summed E-state index contributed by atoms with van der Waals surface area (Å²) in [5, 5.41) is 6.92. The second-order valence-electron chi connectivity index (χ2n) is 5.50. The third kappa shape index (κ3) is 6.60. The average Bonchev–Trinajstić information content (AvgIpc) is 2.61. The third-order valence-electron chi connectivity index (χ3n) is 3.67. The van der Waals surface area contributed by atoms with Crippen molar-refractivity contribution in [3.63, 3.8) is 0 Å². The first kappa shape index (κ1) is 18.3. The van der Waals surface area contributed by atoms with Gasteiger partial charge >= 0.3 is 0 Å². The lowest BCUT2D eigenvalue weighted by Gasteiger charge is -2.07. The zero-order chi connectivity index (χ0) is 17.2. The van der Waals surface area contributed by atoms with Gasteiger partial charge in [0.25, 0.3) is 0 Å². The summed E-state index contributed by atoms with van der Waals surface area (Å²) in [6, 6.07) is 15.6. The molecule has 4 nitrogen and oxygen atoms in total. The van der Waals surface area contributed by atoms with Gasteiger partial charge in [-0.15, -0.1) is 0 Å². The van der Waals surface area contributed by atoms with Gasteiger partial charge in [-0.2, -0.15) is 0 Å². The number of carbonyl (C=O) groups excluding carboxylic acids is 1. The molecule has 0 bridgehead atoms. The summed E-state index contributed by atoms with van der Waals surface area (Å²) in [5.74, 6) is 0.904. The van der Waals surface area contributed by atoms with Gasteiger partial charge in [-0.1, -0.05) is 35.9 Å². The van der Waals surface area contributed by atoms with Gasteiger partial charge in [-0.3, -0.25) is 4.79 Å². The number of halogens is 1. The standard InChI is InChI=1S/C19H23ClN2O2/c1-24-18-8-4-15(5-9-18)10-13-22-19(23)11-12-21-14-16-2-6-17(20)7-3-16/h2-9,21H,10-14H2,1H3,(H,22,23). The first-order valence-corrected chi connectivity index (χ1v) is 8.40. The number of ether oxygens (including phenoxy) is 1. The predicted molar refractivity (Wildman–Crippen MR) is 97.5 cm³/mol. The molecule has 2 rings (SSSR count). The van der Waals surface area contributed by atoms with E-state index in [1.165, 1.54) is 5.56 Å². The monoisotopic (exact) mass is 346 g/mol. The summed E-state index contributed by atoms with van der Waals surface area (Å²) in [6.07, 6.45) is 1.28. The molecule has 2 N–H and O–H groups in total. The molecule has 2 aromatic rings. The van der Waals surface area contributed by atoms with Crippen LogP contribution in [0.4, 0.5) is 0 Å². The number of rotatable bonds is 9. The number of benzene rings is 2. The smallest absolute Gasteiger partial charge is 0.221 e. The maximum Gasteiger partial charge on any atom is 0.221 e. The fraction of sp³-hybridized carbons (Fsp3) is 0.316. The Kier molecular flexibility index (Phi) is 7.59. The van der Waals surface area contributed by atoms with E-state index in [1.807, 2.05) is 48.5 Å². The van der Waals surface area contributed by atoms with Crippen LogP contribution in [-0.2, 0) is 17.8 Å². The Bertz CT molecular complexity index is 627. The predicted octanol–water partition coefficient (Wildman–Crippen LogP) is 3.19. The van der Waals surface area contributed by atoms with Crippen LogP contribution in [0, 0.1) is 0 Å². The molecule has 0 spiro atoms. The van der Waals surface area contributed by atoms with Crippen LogP contribution in [0.2, 0.25) is 5.02 Å². The molecular formula is C19H23ClN2O2. The molecule has 5 heteroatoms. The number of hydrogen-bond acceptors (Lipinski definition) is 3. The number of carbonyl (C=O) groups is 1. The van der Waals surface area contributed by atoms with E-state index >= 15 is 0 Å². The summed E-state index contributed by atoms with van der Waals surface area (Å²) in [6.45, 7) is 2.02. The molecule has 24 heavy (non-hydrogen) atoms. The Morgan fingerprint density at radius 3 is 2.33 bits per heavy atom. The van der Waals surface area contributed by atoms with Gasteiger partial charge in [0, 0.05) is 31.1 Å². The van der Waals surface area contributed by atoms with Crippen LogP contribution in [-0.4, -0.2) is 26.1 Å². The maximum absolute atomic E-state index is 11.8. The molecule has 0 aliphatic rings. The van der Waals surface area contributed by atoms with Crippen molar-refractivity contribution in [2.45, 2.75) is 19.4 Å². The van der Waals surface area contributed by atoms with Gasteiger partial charge in [0.05, 0.1) is 7.11 Å². The highest BCUT2D eigenvalue weighted by Gasteiger charge is 2.01. The molecule has 128 valence electrons. The molecule has 0 aromatic heterocycles. The summed E-state index contributed by atoms with van der Waals surface area (Å²) in [4.78, 5) is 11.8. The quantitative estimate of drug-likeness (QED) is 0.686. The first-order valence-electron chi connectivity index (χ1n) is 8.02. The molecule has 2 aromatic carbocycles. The van der Waals surface area contributed by atoms with Gasteiger partial charge < -0.3 is 15.4 Å². The zero-order valence-corrected chi connectivity index (χ0v) is 14.6. The van der Waals surface area contributed by atoms with Gasteiger partial charge in [-0.25, -0.2) is 0 Å². The molecule has 0 saturated carbocycles. The minimum Gasteiger partial charge on any atom is -0.497 e. The number of hydrogen-bond donors (Lipinski definition) is 2. The fourth-order valence-corrected chi connectivity index (χ4v) is 2.39. The Balaban J connectivity index is 1.56. The number of methoxy groups -OCH3 is 1. The topological polar surface area (TPSA) is 50.4 Å². The van der Waals surface area contributed by atoms with E-state index in [-0.39, 0.29) is 5.91 Å². The Hall–Kier alpha value is -2.04. The summed E-state index contributed by atoms with van der Waals surface area (Å²) in [7, 11) is 1.65. The third-order valence-corrected chi connectivity index (χ3v) is 3.92. The average molecular weight is 347 g/mol. The van der Waals surface area contributed by atoms with Gasteiger partial charge in [-0.05, 0) is 41.8 Å². The molecule has 0 atom stereocenters. The molecule has 0 unspecified atom stereocenters. The second-order valence-corrected chi connectivity index (χ2v) is 5.94. The van der Waals surface area contributed by atoms with Crippen molar-refractivity contribution in [1.82, 2.24) is 10.6 Å². The van der Waals surface area contributed by atoms with Crippen LogP contribution in [0.25, 0.3) is 0 Å². The number of nitrogens with one attached hydrogen (secondary N) is 2. The van der Waals surface area contributed by atoms with Crippen LogP contribution >= 0.6 is 11.6 Å². The molecule has 0 aliphatic carbocycles. The molecule has 0 aliphatic heterocycles. The van der Waals surface area contributed by atoms with E-state index in [1.54, 1.807) is 7.11 Å². The van der Waals surface area contributed by atoms with Crippen molar-refractivity contribution in [2.24, 2.45) is 0 Å². The fourth-order valence-electron chi connectivity index (χ4n) is 2.26. The lowest BCUT2D eigenvalue weighted by molar-refractivity contribution is -0.120. The van der Waals surface area contributed by atoms with Crippen molar-refractivity contribution < 1.29 is 9.53 Å². The van der Waals surface area contributed by atoms with Crippen molar-refractivity contribution in [3.05, 3.63) is 64.7 Å². The van der Waals surface area contributed by atoms with Crippen LogP contribution in [0.5, 0.6) is 5.75 Å². The van der Waals surface area contributed by atoms with E-state index < -0.39 is 0 Å². The largest absolute Gasteiger partial charge is 0.497 e. The molecule has 1 amide bonds. The van der Waals surface area contributed by atoms with Gasteiger partial charge in [0.1, 0.15) is 5.75 Å². The second kappa shape index (κ2) is 9.96. The van der Waals surface area contributed by atoms with Crippen molar-refractivity contribution in [1.29, 1.82) is 0 Å². The highest BCUT2D eigenvalue weighted by atomic mass is 35.5. The maximum atomic E-state index is 11.8. The minimum absolute atomic E-state index is 0.0621. The highest BCUT2D eigenvalue weighted by Crippen LogP contribution is 2.11. The van der Waals surface area contributed by atoms with E-state index in [0.717, 1.165) is 29.3 Å². The van der Waals surface area contributed by atoms with E-state index in [9.17, 15) is 4.79 Å². The molecule has 0 fully saturated rings. The normalized spacial score (nSPS) is 10.4. The van der Waals surface area contributed by atoms with Crippen LogP contribution in [0.3, 0.4) is 0 Å². The zero-order valence-electron chi connectivity index (χ0n) is 13.8. The molecule has 0 saturated heterocycles. The van der Waals surface area contributed by atoms with E-state index in [0.29, 0.717) is 19.5 Å². The Labute approximate surface area is 148 Å². The summed E-state index contributed by atoms with van der Waals surface area (Å²) in [5.41, 5.74) is 2.33. The molecule has 0 heterocycles. The van der Waals surface area contributed by atoms with Crippen molar-refractivity contribution >= 4 is 17.5 Å².